The lowest BCUT2D eigenvalue weighted by molar-refractivity contribution is -0.147. The lowest BCUT2D eigenvalue weighted by Crippen LogP contribution is -2.46. The summed E-state index contributed by atoms with van der Waals surface area (Å²) in [5.41, 5.74) is 3.64. The van der Waals surface area contributed by atoms with Crippen molar-refractivity contribution in [1.82, 2.24) is 21.1 Å². The molecular formula is C29H40N4O7. The van der Waals surface area contributed by atoms with E-state index in [4.69, 9.17) is 14.2 Å². The molecule has 0 fully saturated rings. The van der Waals surface area contributed by atoms with Gasteiger partial charge in [0.05, 0.1) is 0 Å². The van der Waals surface area contributed by atoms with Crippen LogP contribution in [0.3, 0.4) is 0 Å². The maximum Gasteiger partial charge on any atom is 0.407 e. The molecule has 40 heavy (non-hydrogen) atoms. The minimum absolute atomic E-state index is 0.0684. The number of ether oxygens (including phenoxy) is 3. The van der Waals surface area contributed by atoms with E-state index in [2.05, 4.69) is 16.1 Å². The van der Waals surface area contributed by atoms with Crippen molar-refractivity contribution in [3.8, 4) is 0 Å². The van der Waals surface area contributed by atoms with E-state index in [-0.39, 0.29) is 32.7 Å². The lowest BCUT2D eigenvalue weighted by Gasteiger charge is -2.24. The minimum Gasteiger partial charge on any atom is -0.460 e. The number of esters is 1. The molecule has 0 aromatic heterocycles. The third-order valence-electron chi connectivity index (χ3n) is 5.29. The Morgan fingerprint density at radius 3 is 2.00 bits per heavy atom. The smallest absolute Gasteiger partial charge is 0.407 e. The van der Waals surface area contributed by atoms with Crippen molar-refractivity contribution in [3.05, 3.63) is 71.8 Å². The second-order valence-corrected chi connectivity index (χ2v) is 10.2. The molecule has 2 aromatic carbocycles. The van der Waals surface area contributed by atoms with Crippen molar-refractivity contribution in [3.63, 3.8) is 0 Å². The normalized spacial score (nSPS) is 11.7. The van der Waals surface area contributed by atoms with Crippen molar-refractivity contribution < 1.29 is 33.4 Å². The van der Waals surface area contributed by atoms with Crippen molar-refractivity contribution >= 4 is 24.1 Å². The van der Waals surface area contributed by atoms with E-state index in [0.29, 0.717) is 12.8 Å². The summed E-state index contributed by atoms with van der Waals surface area (Å²) in [6, 6.07) is 18.0. The van der Waals surface area contributed by atoms with Gasteiger partial charge in [0, 0.05) is 26.1 Å². The van der Waals surface area contributed by atoms with Gasteiger partial charge in [0.2, 0.25) is 5.91 Å². The number of nitrogens with one attached hydrogen (secondary N) is 3. The van der Waals surface area contributed by atoms with Gasteiger partial charge in [0.15, 0.2) is 0 Å². The molecule has 3 N–H and O–H groups in total. The van der Waals surface area contributed by atoms with E-state index in [9.17, 15) is 19.2 Å². The molecule has 2 aromatic rings. The van der Waals surface area contributed by atoms with E-state index in [1.807, 2.05) is 60.7 Å². The SMILES string of the molecule is CN(CC(=O)OCc1ccccc1)NC(=O)C[C@H](CCCNC(=O)OCc1ccccc1)NC(=O)OC(C)(C)C. The zero-order chi connectivity index (χ0) is 29.4. The van der Waals surface area contributed by atoms with E-state index in [0.717, 1.165) is 11.1 Å². The fraction of sp³-hybridized carbons (Fsp3) is 0.448. The minimum atomic E-state index is -0.707. The Kier molecular flexibility index (Phi) is 13.4. The summed E-state index contributed by atoms with van der Waals surface area (Å²) in [6.07, 6.45) is -0.428. The van der Waals surface area contributed by atoms with E-state index in [1.165, 1.54) is 5.01 Å². The van der Waals surface area contributed by atoms with Gasteiger partial charge in [-0.2, -0.15) is 0 Å². The summed E-state index contributed by atoms with van der Waals surface area (Å²) in [7, 11) is 1.54. The van der Waals surface area contributed by atoms with Crippen LogP contribution in [-0.4, -0.2) is 60.9 Å². The molecule has 0 aliphatic heterocycles. The van der Waals surface area contributed by atoms with Gasteiger partial charge in [0.1, 0.15) is 25.4 Å². The zero-order valence-corrected chi connectivity index (χ0v) is 23.6. The molecule has 0 heterocycles. The molecule has 0 bridgehead atoms. The van der Waals surface area contributed by atoms with Gasteiger partial charge in [-0.3, -0.25) is 15.0 Å². The molecule has 11 heteroatoms. The van der Waals surface area contributed by atoms with Crippen LogP contribution < -0.4 is 16.1 Å². The first kappa shape index (κ1) is 32.1. The van der Waals surface area contributed by atoms with Crippen LogP contribution in [-0.2, 0) is 37.0 Å². The summed E-state index contributed by atoms with van der Waals surface area (Å²) in [5.74, 6) is -0.907. The fourth-order valence-corrected chi connectivity index (χ4v) is 3.51. The van der Waals surface area contributed by atoms with Crippen molar-refractivity contribution in [2.24, 2.45) is 0 Å². The highest BCUT2D eigenvalue weighted by Gasteiger charge is 2.22. The Labute approximate surface area is 235 Å². The van der Waals surface area contributed by atoms with Gasteiger partial charge >= 0.3 is 18.2 Å². The van der Waals surface area contributed by atoms with E-state index >= 15 is 0 Å². The molecule has 11 nitrogen and oxygen atoms in total. The van der Waals surface area contributed by atoms with E-state index < -0.39 is 35.7 Å². The maximum atomic E-state index is 12.7. The number of rotatable bonds is 14. The molecule has 0 aliphatic rings. The fourth-order valence-electron chi connectivity index (χ4n) is 3.51. The Hall–Kier alpha value is -4.12. The maximum absolute atomic E-state index is 12.7. The Morgan fingerprint density at radius 1 is 0.850 bits per heavy atom. The summed E-state index contributed by atoms with van der Waals surface area (Å²) in [5, 5.41) is 6.70. The molecule has 0 radical (unpaired) electrons. The summed E-state index contributed by atoms with van der Waals surface area (Å²) in [6.45, 7) is 5.65. The number of hydrogen-bond donors (Lipinski definition) is 3. The van der Waals surface area contributed by atoms with Crippen molar-refractivity contribution in [2.75, 3.05) is 20.1 Å². The molecule has 0 aliphatic carbocycles. The molecule has 0 saturated carbocycles. The number of likely N-dealkylation sites (N-methyl/N-ethyl adjacent to an activating group) is 1. The van der Waals surface area contributed by atoms with Crippen LogP contribution in [0.1, 0.15) is 51.2 Å². The lowest BCUT2D eigenvalue weighted by atomic mass is 10.1. The average Bonchev–Trinajstić information content (AvgIpc) is 2.88. The molecule has 218 valence electrons. The van der Waals surface area contributed by atoms with Crippen LogP contribution in [0.15, 0.2) is 60.7 Å². The Morgan fingerprint density at radius 2 is 1.43 bits per heavy atom. The molecular weight excluding hydrogens is 516 g/mol. The third kappa shape index (κ3) is 14.7. The van der Waals surface area contributed by atoms with Crippen LogP contribution in [0.2, 0.25) is 0 Å². The van der Waals surface area contributed by atoms with Gasteiger partial charge in [0.25, 0.3) is 0 Å². The van der Waals surface area contributed by atoms with Crippen molar-refractivity contribution in [2.45, 2.75) is 64.9 Å². The largest absolute Gasteiger partial charge is 0.460 e. The first-order chi connectivity index (χ1) is 19.0. The topological polar surface area (TPSA) is 135 Å². The highest BCUT2D eigenvalue weighted by molar-refractivity contribution is 5.78. The molecule has 0 unspecified atom stereocenters. The molecule has 1 atom stereocenters. The molecule has 3 amide bonds. The molecule has 2 rings (SSSR count). The molecule has 0 saturated heterocycles. The van der Waals surface area contributed by atoms with Gasteiger partial charge in [-0.25, -0.2) is 14.6 Å². The van der Waals surface area contributed by atoms with Crippen LogP contribution in [0.4, 0.5) is 9.59 Å². The molecule has 0 spiro atoms. The first-order valence-electron chi connectivity index (χ1n) is 13.1. The second kappa shape index (κ2) is 16.8. The van der Waals surface area contributed by atoms with Crippen LogP contribution >= 0.6 is 0 Å². The van der Waals surface area contributed by atoms with Crippen LogP contribution in [0, 0.1) is 0 Å². The predicted octanol–water partition coefficient (Wildman–Crippen LogP) is 3.68. The van der Waals surface area contributed by atoms with Gasteiger partial charge in [-0.05, 0) is 44.7 Å². The Balaban J connectivity index is 1.78. The average molecular weight is 557 g/mol. The highest BCUT2D eigenvalue weighted by Crippen LogP contribution is 2.09. The first-order valence-corrected chi connectivity index (χ1v) is 13.1. The number of hydrazine groups is 1. The number of carbonyl (C=O) groups is 4. The van der Waals surface area contributed by atoms with Gasteiger partial charge in [-0.15, -0.1) is 0 Å². The third-order valence-corrected chi connectivity index (χ3v) is 5.29. The van der Waals surface area contributed by atoms with Gasteiger partial charge in [-0.1, -0.05) is 60.7 Å². The standard InChI is InChI=1S/C29H40N4O7/c1-29(2,3)40-28(37)31-24(16-11-17-30-27(36)39-21-23-14-9-6-10-15-23)18-25(34)32-33(4)19-26(35)38-20-22-12-7-5-8-13-22/h5-10,12-15,24H,11,16-21H2,1-4H3,(H,30,36)(H,31,37)(H,32,34)/t24-/m0/s1. The Bertz CT molecular complexity index is 1070. The van der Waals surface area contributed by atoms with Gasteiger partial charge < -0.3 is 24.8 Å². The zero-order valence-electron chi connectivity index (χ0n) is 23.6. The number of nitrogens with zero attached hydrogens (tertiary/aromatic N) is 1. The van der Waals surface area contributed by atoms with Crippen molar-refractivity contribution in [1.29, 1.82) is 0 Å². The second-order valence-electron chi connectivity index (χ2n) is 10.2. The quantitative estimate of drug-likeness (QED) is 0.139. The summed E-state index contributed by atoms with van der Waals surface area (Å²) in [4.78, 5) is 49.1. The number of alkyl carbamates (subject to hydrolysis) is 2. The van der Waals surface area contributed by atoms with Crippen LogP contribution in [0.5, 0.6) is 0 Å². The number of carbonyl (C=O) groups excluding carboxylic acids is 4. The number of amides is 3. The number of hydrogen-bond acceptors (Lipinski definition) is 8. The number of benzene rings is 2. The van der Waals surface area contributed by atoms with Crippen LogP contribution in [0.25, 0.3) is 0 Å². The monoisotopic (exact) mass is 556 g/mol. The summed E-state index contributed by atoms with van der Waals surface area (Å²) < 4.78 is 15.7. The van der Waals surface area contributed by atoms with E-state index in [1.54, 1.807) is 27.8 Å². The predicted molar refractivity (Wildman–Crippen MR) is 149 cm³/mol. The summed E-state index contributed by atoms with van der Waals surface area (Å²) >= 11 is 0. The highest BCUT2D eigenvalue weighted by atomic mass is 16.6.